The Labute approximate surface area is 59.1 Å². The van der Waals surface area contributed by atoms with Crippen LogP contribution in [-0.4, -0.2) is 26.9 Å². The molecule has 0 aliphatic carbocycles. The van der Waals surface area contributed by atoms with Gasteiger partial charge >= 0.3 is 0 Å². The molecule has 0 aliphatic rings. The molecule has 0 saturated heterocycles. The van der Waals surface area contributed by atoms with Crippen molar-refractivity contribution >= 4 is 8.24 Å². The highest BCUT2D eigenvalue weighted by molar-refractivity contribution is 6.82. The number of hydrogen-bond acceptors (Lipinski definition) is 1. The molecule has 0 rings (SSSR count). The van der Waals surface area contributed by atoms with Crippen molar-refractivity contribution in [2.24, 2.45) is 0 Å². The molecule has 0 N–H and O–H groups in total. The van der Waals surface area contributed by atoms with Gasteiger partial charge in [0.05, 0.1) is 0 Å². The molecule has 0 radical (unpaired) electrons. The van der Waals surface area contributed by atoms with Gasteiger partial charge in [-0.15, -0.1) is 11.5 Å². The zero-order valence-electron chi connectivity index (χ0n) is 6.95. The van der Waals surface area contributed by atoms with Gasteiger partial charge in [0.25, 0.3) is 0 Å². The molecule has 0 unspecified atom stereocenters. The van der Waals surface area contributed by atoms with Crippen LogP contribution in [0.25, 0.3) is 0 Å². The Morgan fingerprint density at radius 2 is 1.67 bits per heavy atom. The summed E-state index contributed by atoms with van der Waals surface area (Å²) in [4.78, 5) is 0. The van der Waals surface area contributed by atoms with E-state index in [4.69, 9.17) is 0 Å². The third-order valence-electron chi connectivity index (χ3n) is 1.55. The molecule has 0 amide bonds. The minimum absolute atomic E-state index is 1.31. The quantitative estimate of drug-likeness (QED) is 0.393. The Morgan fingerprint density at radius 1 is 1.22 bits per heavy atom. The first-order valence-corrected chi connectivity index (χ1v) is 6.07. The number of nitrogens with zero attached hydrogens (tertiary/aromatic N) is 1. The molecule has 0 fully saturated rings. The van der Waals surface area contributed by atoms with Gasteiger partial charge in [-0.25, -0.2) is 0 Å². The maximum absolute atomic E-state index is 3.24. The van der Waals surface area contributed by atoms with Crippen molar-refractivity contribution < 1.29 is 0 Å². The fraction of sp³-hybridized carbons (Fsp3) is 0.714. The SMILES string of the molecule is CC#C[Si](C)(C)N(C)C. The van der Waals surface area contributed by atoms with E-state index in [1.807, 2.05) is 6.92 Å². The van der Waals surface area contributed by atoms with Gasteiger partial charge in [0.2, 0.25) is 8.24 Å². The molecule has 0 aromatic heterocycles. The van der Waals surface area contributed by atoms with E-state index in [9.17, 15) is 0 Å². The van der Waals surface area contributed by atoms with Crippen LogP contribution < -0.4 is 0 Å². The highest BCUT2D eigenvalue weighted by Crippen LogP contribution is 2.01. The van der Waals surface area contributed by atoms with Crippen LogP contribution in [0.1, 0.15) is 6.92 Å². The first-order chi connectivity index (χ1) is 4.00. The second-order valence-electron chi connectivity index (χ2n) is 2.83. The topological polar surface area (TPSA) is 3.24 Å². The van der Waals surface area contributed by atoms with Gasteiger partial charge in [0.1, 0.15) is 0 Å². The molecule has 0 heterocycles. The van der Waals surface area contributed by atoms with E-state index >= 15 is 0 Å². The van der Waals surface area contributed by atoms with Crippen LogP contribution in [-0.2, 0) is 0 Å². The van der Waals surface area contributed by atoms with Crippen LogP contribution in [0.5, 0.6) is 0 Å². The van der Waals surface area contributed by atoms with Gasteiger partial charge in [0, 0.05) is 0 Å². The Kier molecular flexibility index (Phi) is 2.96. The minimum Gasteiger partial charge on any atom is -0.320 e. The average molecular weight is 141 g/mol. The lowest BCUT2D eigenvalue weighted by molar-refractivity contribution is 0.635. The Balaban J connectivity index is 4.13. The molecule has 2 heteroatoms. The van der Waals surface area contributed by atoms with Gasteiger partial charge in [0.15, 0.2) is 0 Å². The first kappa shape index (κ1) is 8.74. The summed E-state index contributed by atoms with van der Waals surface area (Å²) in [5.74, 6) is 2.96. The fourth-order valence-electron chi connectivity index (χ4n) is 0.418. The van der Waals surface area contributed by atoms with E-state index in [1.54, 1.807) is 0 Å². The molecule has 0 saturated carbocycles. The van der Waals surface area contributed by atoms with Crippen molar-refractivity contribution in [2.75, 3.05) is 14.1 Å². The Hall–Kier alpha value is -0.263. The predicted octanol–water partition coefficient (Wildman–Crippen LogP) is 1.32. The lowest BCUT2D eigenvalue weighted by atomic mass is 10.8. The lowest BCUT2D eigenvalue weighted by Crippen LogP contribution is -2.42. The van der Waals surface area contributed by atoms with Crippen molar-refractivity contribution in [3.8, 4) is 11.5 Å². The van der Waals surface area contributed by atoms with Gasteiger partial charge in [-0.2, -0.15) is 0 Å². The molecule has 9 heavy (non-hydrogen) atoms. The van der Waals surface area contributed by atoms with E-state index in [1.165, 1.54) is 0 Å². The van der Waals surface area contributed by atoms with Crippen molar-refractivity contribution in [3.63, 3.8) is 0 Å². The number of hydrogen-bond donors (Lipinski definition) is 0. The maximum atomic E-state index is 3.24. The standard InChI is InChI=1S/C7H15NSi/c1-6-7-9(4,5)8(2)3/h1-5H3. The zero-order valence-corrected chi connectivity index (χ0v) is 7.95. The average Bonchev–Trinajstić information content (AvgIpc) is 1.65. The molecule has 0 spiro atoms. The van der Waals surface area contributed by atoms with Crippen molar-refractivity contribution in [3.05, 3.63) is 0 Å². The summed E-state index contributed by atoms with van der Waals surface area (Å²) >= 11 is 0. The second kappa shape index (κ2) is 3.05. The molecule has 0 aliphatic heterocycles. The van der Waals surface area contributed by atoms with Gasteiger partial charge in [-0.05, 0) is 34.1 Å². The summed E-state index contributed by atoms with van der Waals surface area (Å²) in [5.41, 5.74) is 3.24. The molecular formula is C7H15NSi. The van der Waals surface area contributed by atoms with Gasteiger partial charge < -0.3 is 4.57 Å². The van der Waals surface area contributed by atoms with Crippen LogP contribution in [0.15, 0.2) is 0 Å². The third-order valence-corrected chi connectivity index (χ3v) is 4.65. The largest absolute Gasteiger partial charge is 0.320 e. The van der Waals surface area contributed by atoms with Gasteiger partial charge in [-0.3, -0.25) is 0 Å². The van der Waals surface area contributed by atoms with Crippen LogP contribution in [0.2, 0.25) is 13.1 Å². The predicted molar refractivity (Wildman–Crippen MR) is 44.6 cm³/mol. The Bertz CT molecular complexity index is 139. The molecule has 0 aromatic rings. The summed E-state index contributed by atoms with van der Waals surface area (Å²) in [5, 5.41) is 0. The summed E-state index contributed by atoms with van der Waals surface area (Å²) in [7, 11) is 2.88. The summed E-state index contributed by atoms with van der Waals surface area (Å²) in [6, 6.07) is 0. The first-order valence-electron chi connectivity index (χ1n) is 3.12. The van der Waals surface area contributed by atoms with Crippen molar-refractivity contribution in [1.29, 1.82) is 0 Å². The third kappa shape index (κ3) is 2.69. The van der Waals surface area contributed by atoms with Crippen LogP contribution >= 0.6 is 0 Å². The molecule has 1 nitrogen and oxygen atoms in total. The molecule has 0 aromatic carbocycles. The smallest absolute Gasteiger partial charge is 0.204 e. The highest BCUT2D eigenvalue weighted by atomic mass is 28.3. The second-order valence-corrected chi connectivity index (χ2v) is 7.09. The molecule has 52 valence electrons. The minimum atomic E-state index is -1.31. The molecule has 0 atom stereocenters. The monoisotopic (exact) mass is 141 g/mol. The molecular weight excluding hydrogens is 126 g/mol. The van der Waals surface area contributed by atoms with Crippen LogP contribution in [0, 0.1) is 11.5 Å². The highest BCUT2D eigenvalue weighted by Gasteiger charge is 2.19. The van der Waals surface area contributed by atoms with E-state index in [0.717, 1.165) is 0 Å². The van der Waals surface area contributed by atoms with E-state index in [-0.39, 0.29) is 0 Å². The van der Waals surface area contributed by atoms with Crippen LogP contribution in [0.3, 0.4) is 0 Å². The maximum Gasteiger partial charge on any atom is 0.204 e. The molecule has 0 bridgehead atoms. The number of rotatable bonds is 1. The van der Waals surface area contributed by atoms with E-state index in [0.29, 0.717) is 0 Å². The fourth-order valence-corrected chi connectivity index (χ4v) is 1.25. The summed E-state index contributed by atoms with van der Waals surface area (Å²) in [6.07, 6.45) is 0. The lowest BCUT2D eigenvalue weighted by Gasteiger charge is -2.23. The zero-order chi connectivity index (χ0) is 7.49. The van der Waals surface area contributed by atoms with Gasteiger partial charge in [-0.1, -0.05) is 0 Å². The van der Waals surface area contributed by atoms with E-state index < -0.39 is 8.24 Å². The Morgan fingerprint density at radius 3 is 1.78 bits per heavy atom. The summed E-state index contributed by atoms with van der Waals surface area (Å²) in [6.45, 7) is 6.38. The summed E-state index contributed by atoms with van der Waals surface area (Å²) < 4.78 is 2.24. The normalized spacial score (nSPS) is 10.9. The van der Waals surface area contributed by atoms with Crippen molar-refractivity contribution in [1.82, 2.24) is 4.57 Å². The van der Waals surface area contributed by atoms with E-state index in [2.05, 4.69) is 43.2 Å². The van der Waals surface area contributed by atoms with Crippen LogP contribution in [0.4, 0.5) is 0 Å². The van der Waals surface area contributed by atoms with Crippen molar-refractivity contribution in [2.45, 2.75) is 20.0 Å².